The molecule has 0 atom stereocenters. The summed E-state index contributed by atoms with van der Waals surface area (Å²) in [6.45, 7) is 5.74. The first-order chi connectivity index (χ1) is 5.18. The Labute approximate surface area is 68.3 Å². The van der Waals surface area contributed by atoms with Crippen LogP contribution in [0.4, 0.5) is 0 Å². The van der Waals surface area contributed by atoms with Gasteiger partial charge in [0, 0.05) is 27.1 Å². The number of nitrogens with zero attached hydrogens (tertiary/aromatic N) is 1. The van der Waals surface area contributed by atoms with E-state index in [2.05, 4.69) is 6.92 Å². The zero-order valence-corrected chi connectivity index (χ0v) is 7.59. The zero-order valence-electron chi connectivity index (χ0n) is 7.59. The Morgan fingerprint density at radius 3 is 2.55 bits per heavy atom. The highest BCUT2D eigenvalue weighted by Crippen LogP contribution is 1.85. The largest absolute Gasteiger partial charge is 0.380 e. The number of rotatable bonds is 5. The molecule has 0 aliphatic heterocycles. The molecule has 0 aromatic heterocycles. The van der Waals surface area contributed by atoms with Crippen molar-refractivity contribution in [1.29, 1.82) is 0 Å². The number of carbonyl (C=O) groups excluding carboxylic acids is 1. The van der Waals surface area contributed by atoms with Gasteiger partial charge in [-0.3, -0.25) is 4.79 Å². The second-order valence-electron chi connectivity index (χ2n) is 2.55. The van der Waals surface area contributed by atoms with Crippen molar-refractivity contribution in [2.75, 3.05) is 26.8 Å². The van der Waals surface area contributed by atoms with E-state index in [4.69, 9.17) is 4.74 Å². The van der Waals surface area contributed by atoms with E-state index in [1.165, 1.54) is 0 Å². The van der Waals surface area contributed by atoms with E-state index in [9.17, 15) is 4.79 Å². The SMILES string of the molecule is CCCOCCN(C)C(C)=O. The Morgan fingerprint density at radius 2 is 2.09 bits per heavy atom. The summed E-state index contributed by atoms with van der Waals surface area (Å²) >= 11 is 0. The van der Waals surface area contributed by atoms with E-state index in [0.717, 1.165) is 13.0 Å². The van der Waals surface area contributed by atoms with Gasteiger partial charge in [-0.2, -0.15) is 0 Å². The van der Waals surface area contributed by atoms with Gasteiger partial charge in [0.25, 0.3) is 0 Å². The molecule has 0 aliphatic rings. The van der Waals surface area contributed by atoms with Crippen molar-refractivity contribution in [2.45, 2.75) is 20.3 Å². The number of ether oxygens (including phenoxy) is 1. The van der Waals surface area contributed by atoms with Crippen molar-refractivity contribution < 1.29 is 9.53 Å². The molecular weight excluding hydrogens is 142 g/mol. The Kier molecular flexibility index (Phi) is 5.84. The van der Waals surface area contributed by atoms with E-state index >= 15 is 0 Å². The van der Waals surface area contributed by atoms with Crippen molar-refractivity contribution >= 4 is 5.91 Å². The molecule has 0 saturated carbocycles. The molecule has 0 rings (SSSR count). The van der Waals surface area contributed by atoms with E-state index in [1.807, 2.05) is 0 Å². The quantitative estimate of drug-likeness (QED) is 0.557. The van der Waals surface area contributed by atoms with Crippen LogP contribution in [0.25, 0.3) is 0 Å². The molecule has 0 spiro atoms. The van der Waals surface area contributed by atoms with Gasteiger partial charge in [0.05, 0.1) is 6.61 Å². The first-order valence-corrected chi connectivity index (χ1v) is 3.98. The molecule has 11 heavy (non-hydrogen) atoms. The molecule has 0 fully saturated rings. The maximum Gasteiger partial charge on any atom is 0.219 e. The van der Waals surface area contributed by atoms with E-state index in [0.29, 0.717) is 13.2 Å². The minimum atomic E-state index is 0.0881. The summed E-state index contributed by atoms with van der Waals surface area (Å²) in [5.41, 5.74) is 0. The third-order valence-electron chi connectivity index (χ3n) is 1.46. The normalized spacial score (nSPS) is 9.73. The Morgan fingerprint density at radius 1 is 1.45 bits per heavy atom. The van der Waals surface area contributed by atoms with Crippen LogP contribution in [0.2, 0.25) is 0 Å². The van der Waals surface area contributed by atoms with Crippen molar-refractivity contribution in [3.63, 3.8) is 0 Å². The lowest BCUT2D eigenvalue weighted by atomic mass is 10.5. The standard InChI is InChI=1S/C8H17NO2/c1-4-6-11-7-5-9(3)8(2)10/h4-7H2,1-3H3. The predicted molar refractivity (Wildman–Crippen MR) is 44.4 cm³/mol. The molecule has 0 unspecified atom stereocenters. The van der Waals surface area contributed by atoms with Crippen LogP contribution in [0.15, 0.2) is 0 Å². The molecule has 1 amide bonds. The highest BCUT2D eigenvalue weighted by atomic mass is 16.5. The Hall–Kier alpha value is -0.570. The summed E-state index contributed by atoms with van der Waals surface area (Å²) in [5, 5.41) is 0. The van der Waals surface area contributed by atoms with E-state index < -0.39 is 0 Å². The number of amides is 1. The second-order valence-corrected chi connectivity index (χ2v) is 2.55. The first-order valence-electron chi connectivity index (χ1n) is 3.98. The molecule has 0 heterocycles. The molecule has 3 nitrogen and oxygen atoms in total. The van der Waals surface area contributed by atoms with Crippen LogP contribution >= 0.6 is 0 Å². The van der Waals surface area contributed by atoms with Crippen LogP contribution < -0.4 is 0 Å². The van der Waals surface area contributed by atoms with Gasteiger partial charge in [0.15, 0.2) is 0 Å². The summed E-state index contributed by atoms with van der Waals surface area (Å²) in [4.78, 5) is 12.3. The van der Waals surface area contributed by atoms with Crippen molar-refractivity contribution in [2.24, 2.45) is 0 Å². The Balaban J connectivity index is 3.17. The topological polar surface area (TPSA) is 29.5 Å². The van der Waals surface area contributed by atoms with Crippen molar-refractivity contribution in [3.8, 4) is 0 Å². The van der Waals surface area contributed by atoms with Crippen molar-refractivity contribution in [1.82, 2.24) is 4.90 Å². The molecule has 0 aromatic rings. The number of hydrogen-bond donors (Lipinski definition) is 0. The zero-order chi connectivity index (χ0) is 8.69. The van der Waals surface area contributed by atoms with Gasteiger partial charge in [0.1, 0.15) is 0 Å². The number of carbonyl (C=O) groups is 1. The molecule has 0 bridgehead atoms. The molecule has 0 radical (unpaired) electrons. The van der Waals surface area contributed by atoms with Gasteiger partial charge < -0.3 is 9.64 Å². The molecular formula is C8H17NO2. The van der Waals surface area contributed by atoms with Crippen molar-refractivity contribution in [3.05, 3.63) is 0 Å². The smallest absolute Gasteiger partial charge is 0.219 e. The van der Waals surface area contributed by atoms with Gasteiger partial charge >= 0.3 is 0 Å². The summed E-state index contributed by atoms with van der Waals surface area (Å²) in [6.07, 6.45) is 1.03. The van der Waals surface area contributed by atoms with E-state index in [1.54, 1.807) is 18.9 Å². The van der Waals surface area contributed by atoms with Crippen LogP contribution in [-0.2, 0) is 9.53 Å². The molecule has 0 saturated heterocycles. The lowest BCUT2D eigenvalue weighted by Crippen LogP contribution is -2.27. The highest BCUT2D eigenvalue weighted by Gasteiger charge is 1.99. The summed E-state index contributed by atoms with van der Waals surface area (Å²) in [5.74, 6) is 0.0881. The third kappa shape index (κ3) is 5.85. The minimum absolute atomic E-state index is 0.0881. The lowest BCUT2D eigenvalue weighted by Gasteiger charge is -2.13. The second kappa shape index (κ2) is 6.16. The summed E-state index contributed by atoms with van der Waals surface area (Å²) in [6, 6.07) is 0. The molecule has 66 valence electrons. The lowest BCUT2D eigenvalue weighted by molar-refractivity contribution is -0.128. The maximum absolute atomic E-state index is 10.7. The fraction of sp³-hybridized carbons (Fsp3) is 0.875. The molecule has 0 aliphatic carbocycles. The molecule has 0 aromatic carbocycles. The fourth-order valence-corrected chi connectivity index (χ4v) is 0.605. The summed E-state index contributed by atoms with van der Waals surface area (Å²) in [7, 11) is 1.78. The van der Waals surface area contributed by atoms with Crippen LogP contribution in [0.1, 0.15) is 20.3 Å². The van der Waals surface area contributed by atoms with E-state index in [-0.39, 0.29) is 5.91 Å². The van der Waals surface area contributed by atoms with Crippen LogP contribution in [0.5, 0.6) is 0 Å². The van der Waals surface area contributed by atoms with Gasteiger partial charge in [-0.1, -0.05) is 6.92 Å². The van der Waals surface area contributed by atoms with Gasteiger partial charge in [-0.15, -0.1) is 0 Å². The molecule has 0 N–H and O–H groups in total. The third-order valence-corrected chi connectivity index (χ3v) is 1.46. The average Bonchev–Trinajstić information content (AvgIpc) is 1.97. The molecule has 3 heteroatoms. The fourth-order valence-electron chi connectivity index (χ4n) is 0.605. The Bertz CT molecular complexity index is 115. The van der Waals surface area contributed by atoms with Crippen LogP contribution in [0.3, 0.4) is 0 Å². The monoisotopic (exact) mass is 159 g/mol. The average molecular weight is 159 g/mol. The summed E-state index contributed by atoms with van der Waals surface area (Å²) < 4.78 is 5.21. The van der Waals surface area contributed by atoms with Gasteiger partial charge in [0.2, 0.25) is 5.91 Å². The highest BCUT2D eigenvalue weighted by molar-refractivity contribution is 5.72. The number of hydrogen-bond acceptors (Lipinski definition) is 2. The van der Waals surface area contributed by atoms with Gasteiger partial charge in [-0.05, 0) is 6.42 Å². The van der Waals surface area contributed by atoms with Gasteiger partial charge in [-0.25, -0.2) is 0 Å². The number of likely N-dealkylation sites (N-methyl/N-ethyl adjacent to an activating group) is 1. The first kappa shape index (κ1) is 10.4. The predicted octanol–water partition coefficient (Wildman–Crippen LogP) is 0.891. The minimum Gasteiger partial charge on any atom is -0.380 e. The van der Waals surface area contributed by atoms with Crippen LogP contribution in [-0.4, -0.2) is 37.6 Å². The maximum atomic E-state index is 10.7. The van der Waals surface area contributed by atoms with Crippen LogP contribution in [0, 0.1) is 0 Å².